The van der Waals surface area contributed by atoms with Crippen LogP contribution in [0, 0.1) is 0 Å². The molecule has 3 aromatic rings. The first-order valence-electron chi connectivity index (χ1n) is 12.4. The summed E-state index contributed by atoms with van der Waals surface area (Å²) in [6.07, 6.45) is 13.9. The van der Waals surface area contributed by atoms with E-state index in [-0.39, 0.29) is 5.97 Å². The standard InChI is InChI=1S/C28H33N3O4/c1-3-18-34-22-15-13-20(14-16-22)24-25-27(29-17-9-5-8-12-23(32)33-2)30-19-31-28(25)35-26(24)21-10-6-4-7-11-21/h4,6,10,13-16,19H,3,5,7-9,11-12,17-18H2,1-2H3,(H,29,30,31). The molecule has 35 heavy (non-hydrogen) atoms. The number of furan rings is 1. The Hall–Kier alpha value is -3.61. The predicted octanol–water partition coefficient (Wildman–Crippen LogP) is 6.56. The summed E-state index contributed by atoms with van der Waals surface area (Å²) in [7, 11) is 1.42. The average molecular weight is 476 g/mol. The monoisotopic (exact) mass is 475 g/mol. The Bertz CT molecular complexity index is 1190. The van der Waals surface area contributed by atoms with Crippen LogP contribution in [0.25, 0.3) is 27.8 Å². The molecule has 7 nitrogen and oxygen atoms in total. The van der Waals surface area contributed by atoms with Gasteiger partial charge in [-0.1, -0.05) is 43.7 Å². The van der Waals surface area contributed by atoms with Gasteiger partial charge in [-0.2, -0.15) is 0 Å². The molecular formula is C28H33N3O4. The number of rotatable bonds is 12. The molecule has 1 N–H and O–H groups in total. The summed E-state index contributed by atoms with van der Waals surface area (Å²) >= 11 is 0. The SMILES string of the molecule is CCCOc1ccc(-c2c(C3=CC=CCC3)oc3ncnc(NCCCCCC(=O)OC)c23)cc1. The van der Waals surface area contributed by atoms with Crippen LogP contribution in [0.4, 0.5) is 5.82 Å². The van der Waals surface area contributed by atoms with E-state index in [0.29, 0.717) is 18.7 Å². The number of aromatic nitrogens is 2. The highest BCUT2D eigenvalue weighted by Gasteiger charge is 2.23. The summed E-state index contributed by atoms with van der Waals surface area (Å²) < 4.78 is 16.8. The van der Waals surface area contributed by atoms with Crippen LogP contribution in [0.1, 0.15) is 57.6 Å². The third-order valence-electron chi connectivity index (χ3n) is 5.99. The summed E-state index contributed by atoms with van der Waals surface area (Å²) in [6.45, 7) is 3.53. The van der Waals surface area contributed by atoms with E-state index in [0.717, 1.165) is 84.5 Å². The van der Waals surface area contributed by atoms with Crippen LogP contribution in [-0.2, 0) is 9.53 Å². The van der Waals surface area contributed by atoms with Gasteiger partial charge in [-0.3, -0.25) is 4.79 Å². The number of unbranched alkanes of at least 4 members (excludes halogenated alkanes) is 2. The second kappa shape index (κ2) is 12.2. The number of carbonyl (C=O) groups excluding carboxylic acids is 1. The number of nitrogens with zero attached hydrogens (tertiary/aromatic N) is 2. The first kappa shape index (κ1) is 24.5. The number of nitrogens with one attached hydrogen (secondary N) is 1. The molecule has 2 heterocycles. The molecule has 0 spiro atoms. The van der Waals surface area contributed by atoms with Gasteiger partial charge in [0.1, 0.15) is 23.7 Å². The highest BCUT2D eigenvalue weighted by molar-refractivity contribution is 6.04. The molecule has 0 saturated carbocycles. The van der Waals surface area contributed by atoms with Gasteiger partial charge < -0.3 is 19.2 Å². The predicted molar refractivity (Wildman–Crippen MR) is 138 cm³/mol. The minimum atomic E-state index is -0.163. The molecule has 0 aliphatic heterocycles. The second-order valence-electron chi connectivity index (χ2n) is 8.55. The van der Waals surface area contributed by atoms with Gasteiger partial charge in [-0.15, -0.1) is 0 Å². The molecule has 1 aliphatic rings. The van der Waals surface area contributed by atoms with Crippen molar-refractivity contribution in [2.24, 2.45) is 0 Å². The topological polar surface area (TPSA) is 86.5 Å². The molecule has 0 radical (unpaired) electrons. The van der Waals surface area contributed by atoms with Gasteiger partial charge in [-0.05, 0) is 55.4 Å². The summed E-state index contributed by atoms with van der Waals surface area (Å²) in [6, 6.07) is 8.14. The first-order chi connectivity index (χ1) is 17.2. The van der Waals surface area contributed by atoms with Gasteiger partial charge in [0.2, 0.25) is 5.71 Å². The molecule has 184 valence electrons. The Balaban J connectivity index is 1.62. The van der Waals surface area contributed by atoms with Gasteiger partial charge >= 0.3 is 5.97 Å². The van der Waals surface area contributed by atoms with Crippen molar-refractivity contribution in [3.8, 4) is 16.9 Å². The highest BCUT2D eigenvalue weighted by atomic mass is 16.5. The lowest BCUT2D eigenvalue weighted by molar-refractivity contribution is -0.140. The van der Waals surface area contributed by atoms with Crippen LogP contribution >= 0.6 is 0 Å². The van der Waals surface area contributed by atoms with E-state index >= 15 is 0 Å². The Morgan fingerprint density at radius 2 is 2.00 bits per heavy atom. The number of allylic oxidation sites excluding steroid dienone is 4. The lowest BCUT2D eigenvalue weighted by Gasteiger charge is -2.11. The second-order valence-corrected chi connectivity index (χ2v) is 8.55. The van der Waals surface area contributed by atoms with Crippen molar-refractivity contribution < 1.29 is 18.7 Å². The number of benzene rings is 1. The van der Waals surface area contributed by atoms with Gasteiger partial charge in [0.05, 0.1) is 19.1 Å². The van der Waals surface area contributed by atoms with Gasteiger partial charge in [-0.25, -0.2) is 9.97 Å². The van der Waals surface area contributed by atoms with E-state index in [1.165, 1.54) is 13.4 Å². The van der Waals surface area contributed by atoms with Crippen molar-refractivity contribution in [1.29, 1.82) is 0 Å². The molecule has 0 fully saturated rings. The zero-order valence-corrected chi connectivity index (χ0v) is 20.5. The minimum absolute atomic E-state index is 0.163. The normalized spacial score (nSPS) is 13.0. The van der Waals surface area contributed by atoms with Gasteiger partial charge in [0.15, 0.2) is 0 Å². The maximum absolute atomic E-state index is 11.3. The number of esters is 1. The van der Waals surface area contributed by atoms with Crippen molar-refractivity contribution in [2.75, 3.05) is 25.6 Å². The lowest BCUT2D eigenvalue weighted by Crippen LogP contribution is -2.05. The van der Waals surface area contributed by atoms with Crippen LogP contribution in [0.2, 0.25) is 0 Å². The highest BCUT2D eigenvalue weighted by Crippen LogP contribution is 2.42. The zero-order valence-electron chi connectivity index (χ0n) is 20.5. The summed E-state index contributed by atoms with van der Waals surface area (Å²) in [4.78, 5) is 20.3. The number of hydrogen-bond donors (Lipinski definition) is 1. The van der Waals surface area contributed by atoms with E-state index in [1.54, 1.807) is 0 Å². The third kappa shape index (κ3) is 6.10. The average Bonchev–Trinajstić information content (AvgIpc) is 3.30. The third-order valence-corrected chi connectivity index (χ3v) is 5.99. The number of anilines is 1. The Kier molecular flexibility index (Phi) is 8.54. The lowest BCUT2D eigenvalue weighted by atomic mass is 9.95. The van der Waals surface area contributed by atoms with Gasteiger partial charge in [0, 0.05) is 18.5 Å². The molecular weight excluding hydrogens is 442 g/mol. The maximum atomic E-state index is 11.3. The molecule has 4 rings (SSSR count). The quantitative estimate of drug-likeness (QED) is 0.234. The minimum Gasteiger partial charge on any atom is -0.494 e. The molecule has 2 aromatic heterocycles. The number of ether oxygens (including phenoxy) is 2. The maximum Gasteiger partial charge on any atom is 0.305 e. The fourth-order valence-electron chi connectivity index (χ4n) is 4.18. The number of methoxy groups -OCH3 is 1. The van der Waals surface area contributed by atoms with Crippen LogP contribution in [0.3, 0.4) is 0 Å². The summed E-state index contributed by atoms with van der Waals surface area (Å²) in [5.74, 6) is 2.29. The summed E-state index contributed by atoms with van der Waals surface area (Å²) in [5.41, 5.74) is 3.76. The zero-order chi connectivity index (χ0) is 24.5. The van der Waals surface area contributed by atoms with Crippen molar-refractivity contribution >= 4 is 28.5 Å². The molecule has 0 amide bonds. The Morgan fingerprint density at radius 3 is 2.74 bits per heavy atom. The number of hydrogen-bond acceptors (Lipinski definition) is 7. The summed E-state index contributed by atoms with van der Waals surface area (Å²) in [5, 5.41) is 4.35. The van der Waals surface area contributed by atoms with Crippen molar-refractivity contribution in [3.05, 3.63) is 54.6 Å². The van der Waals surface area contributed by atoms with E-state index in [4.69, 9.17) is 13.9 Å². The van der Waals surface area contributed by atoms with Crippen LogP contribution in [-0.4, -0.2) is 36.2 Å². The molecule has 0 unspecified atom stereocenters. The smallest absolute Gasteiger partial charge is 0.305 e. The van der Waals surface area contributed by atoms with Crippen LogP contribution in [0.5, 0.6) is 5.75 Å². The largest absolute Gasteiger partial charge is 0.494 e. The fraction of sp³-hybridized carbons (Fsp3) is 0.393. The molecule has 0 atom stereocenters. The van der Waals surface area contributed by atoms with E-state index in [1.807, 2.05) is 12.1 Å². The van der Waals surface area contributed by atoms with Crippen molar-refractivity contribution in [3.63, 3.8) is 0 Å². The molecule has 0 saturated heterocycles. The molecule has 0 bridgehead atoms. The van der Waals surface area contributed by atoms with E-state index in [9.17, 15) is 4.79 Å². The molecule has 1 aromatic carbocycles. The van der Waals surface area contributed by atoms with Gasteiger partial charge in [0.25, 0.3) is 0 Å². The fourth-order valence-corrected chi connectivity index (χ4v) is 4.18. The number of fused-ring (bicyclic) bond motifs is 1. The molecule has 7 heteroatoms. The molecule has 1 aliphatic carbocycles. The van der Waals surface area contributed by atoms with Crippen molar-refractivity contribution in [2.45, 2.75) is 51.9 Å². The Labute approximate surface area is 206 Å². The number of carbonyl (C=O) groups is 1. The van der Waals surface area contributed by atoms with E-state index in [2.05, 4.69) is 52.6 Å². The van der Waals surface area contributed by atoms with E-state index < -0.39 is 0 Å². The van der Waals surface area contributed by atoms with Crippen molar-refractivity contribution in [1.82, 2.24) is 9.97 Å². The van der Waals surface area contributed by atoms with Crippen LogP contribution in [0.15, 0.2) is 53.2 Å². The first-order valence-corrected chi connectivity index (χ1v) is 12.4. The van der Waals surface area contributed by atoms with Crippen LogP contribution < -0.4 is 10.1 Å². The Morgan fingerprint density at radius 1 is 1.14 bits per heavy atom.